The molecule has 2 aromatic heterocycles. The van der Waals surface area contributed by atoms with Crippen LogP contribution in [0, 0.1) is 11.3 Å². The van der Waals surface area contributed by atoms with Crippen molar-refractivity contribution in [3.63, 3.8) is 0 Å². The van der Waals surface area contributed by atoms with Gasteiger partial charge in [-0.2, -0.15) is 5.26 Å². The highest BCUT2D eigenvalue weighted by Gasteiger charge is 2.21. The molecule has 0 aliphatic rings. The Kier molecular flexibility index (Phi) is 7.21. The van der Waals surface area contributed by atoms with Gasteiger partial charge in [-0.05, 0) is 35.9 Å². The topological polar surface area (TPSA) is 83.7 Å². The highest BCUT2D eigenvalue weighted by Crippen LogP contribution is 2.35. The van der Waals surface area contributed by atoms with Gasteiger partial charge in [0.1, 0.15) is 11.1 Å². The molecule has 0 fully saturated rings. The number of fused-ring (bicyclic) bond motifs is 1. The first-order valence-corrected chi connectivity index (χ1v) is 15.2. The van der Waals surface area contributed by atoms with Crippen molar-refractivity contribution in [2.45, 2.75) is 9.37 Å². The third kappa shape index (κ3) is 5.22. The molecule has 0 bridgehead atoms. The number of sulfone groups is 1. The van der Waals surface area contributed by atoms with Crippen LogP contribution in [0.2, 0.25) is 0 Å². The molecule has 0 saturated carbocycles. The minimum Gasteiger partial charge on any atom is -0.240 e. The second-order valence-electron chi connectivity index (χ2n) is 7.83. The van der Waals surface area contributed by atoms with Gasteiger partial charge in [-0.3, -0.25) is 0 Å². The van der Waals surface area contributed by atoms with Crippen molar-refractivity contribution < 1.29 is 8.42 Å². The summed E-state index contributed by atoms with van der Waals surface area (Å²) in [6, 6.07) is 29.1. The molecular formula is C27H18BrN3O2S3. The molecule has 5 rings (SSSR count). The van der Waals surface area contributed by atoms with Crippen LogP contribution in [0.25, 0.3) is 32.6 Å². The molecule has 0 aliphatic heterocycles. The Balaban J connectivity index is 1.48. The van der Waals surface area contributed by atoms with Gasteiger partial charge in [-0.1, -0.05) is 70.5 Å². The largest absolute Gasteiger partial charge is 0.240 e. The lowest BCUT2D eigenvalue weighted by atomic mass is 9.99. The zero-order chi connectivity index (χ0) is 25.1. The fourth-order valence-electron chi connectivity index (χ4n) is 3.67. The third-order valence-corrected chi connectivity index (χ3v) is 10.4. The molecule has 0 N–H and O–H groups in total. The summed E-state index contributed by atoms with van der Waals surface area (Å²) >= 11 is 5.92. The first-order chi connectivity index (χ1) is 17.4. The zero-order valence-corrected chi connectivity index (χ0v) is 22.8. The van der Waals surface area contributed by atoms with Gasteiger partial charge in [0, 0.05) is 21.4 Å². The quantitative estimate of drug-likeness (QED) is 0.186. The minimum absolute atomic E-state index is 0.104. The molecule has 2 heterocycles. The normalized spacial score (nSPS) is 11.4. The Hall–Kier alpha value is -3.03. The number of benzene rings is 3. The summed E-state index contributed by atoms with van der Waals surface area (Å²) in [5.74, 6) is 0.144. The van der Waals surface area contributed by atoms with Gasteiger partial charge in [-0.15, -0.1) is 23.1 Å². The van der Waals surface area contributed by atoms with Crippen molar-refractivity contribution in [2.24, 2.45) is 0 Å². The van der Waals surface area contributed by atoms with E-state index in [1.165, 1.54) is 23.1 Å². The van der Waals surface area contributed by atoms with Crippen molar-refractivity contribution >= 4 is 59.1 Å². The lowest BCUT2D eigenvalue weighted by Gasteiger charge is -2.12. The number of halogens is 1. The number of thioether (sulfide) groups is 1. The number of thiazole rings is 1. The average molecular weight is 593 g/mol. The van der Waals surface area contributed by atoms with Gasteiger partial charge in [0.15, 0.2) is 0 Å². The van der Waals surface area contributed by atoms with Crippen LogP contribution in [0.1, 0.15) is 5.56 Å². The second-order valence-corrected chi connectivity index (χ2v) is 13.1. The van der Waals surface area contributed by atoms with Gasteiger partial charge >= 0.3 is 0 Å². The standard InChI is InChI=1S/C27H18BrN3O2S3/c28-20-12-10-19(11-13-20)24-16-21(18-6-2-1-3-7-18)22(17-29)26(30-24)34-14-15-36(32,33)27-31-23-8-4-5-9-25(23)35-27/h1-13,16H,14-15H2. The summed E-state index contributed by atoms with van der Waals surface area (Å²) in [5, 5.41) is 10.6. The van der Waals surface area contributed by atoms with Crippen LogP contribution in [0.4, 0.5) is 0 Å². The average Bonchev–Trinajstić information content (AvgIpc) is 3.35. The van der Waals surface area contributed by atoms with Crippen molar-refractivity contribution in [1.29, 1.82) is 5.26 Å². The molecule has 0 unspecified atom stereocenters. The molecule has 0 atom stereocenters. The monoisotopic (exact) mass is 591 g/mol. The van der Waals surface area contributed by atoms with Gasteiger partial charge in [0.2, 0.25) is 14.2 Å². The molecule has 9 heteroatoms. The predicted octanol–water partition coefficient (Wildman–Crippen LogP) is 7.23. The number of nitriles is 1. The van der Waals surface area contributed by atoms with E-state index in [4.69, 9.17) is 4.98 Å². The number of pyridine rings is 1. The SMILES string of the molecule is N#Cc1c(-c2ccccc2)cc(-c2ccc(Br)cc2)nc1SCCS(=O)(=O)c1nc2ccccc2s1. The summed E-state index contributed by atoms with van der Waals surface area (Å²) < 4.78 is 27.9. The minimum atomic E-state index is -3.57. The van der Waals surface area contributed by atoms with E-state index < -0.39 is 9.84 Å². The molecule has 5 aromatic rings. The molecule has 5 nitrogen and oxygen atoms in total. The first kappa shape index (κ1) is 24.7. The van der Waals surface area contributed by atoms with Crippen LogP contribution in [0.15, 0.2) is 98.8 Å². The summed E-state index contributed by atoms with van der Waals surface area (Å²) in [6.45, 7) is 0. The van der Waals surface area contributed by atoms with Crippen LogP contribution in [-0.2, 0) is 9.84 Å². The van der Waals surface area contributed by atoms with Gasteiger partial charge in [-0.25, -0.2) is 18.4 Å². The fourth-order valence-corrected chi connectivity index (χ4v) is 7.94. The smallest absolute Gasteiger partial charge is 0.210 e. The van der Waals surface area contributed by atoms with E-state index in [-0.39, 0.29) is 15.8 Å². The predicted molar refractivity (Wildman–Crippen MR) is 150 cm³/mol. The van der Waals surface area contributed by atoms with E-state index in [9.17, 15) is 13.7 Å². The van der Waals surface area contributed by atoms with Crippen LogP contribution < -0.4 is 0 Å². The Morgan fingerprint density at radius 2 is 1.64 bits per heavy atom. The fraction of sp³-hybridized carbons (Fsp3) is 0.0741. The highest BCUT2D eigenvalue weighted by atomic mass is 79.9. The Morgan fingerprint density at radius 1 is 0.917 bits per heavy atom. The van der Waals surface area contributed by atoms with E-state index in [0.29, 0.717) is 16.1 Å². The molecule has 0 saturated heterocycles. The summed E-state index contributed by atoms with van der Waals surface area (Å²) in [6.07, 6.45) is 0. The number of aromatic nitrogens is 2. The Morgan fingerprint density at radius 3 is 2.36 bits per heavy atom. The second kappa shape index (κ2) is 10.5. The summed E-state index contributed by atoms with van der Waals surface area (Å²) in [5.41, 5.74) is 4.41. The highest BCUT2D eigenvalue weighted by molar-refractivity contribution is 9.10. The molecule has 0 radical (unpaired) electrons. The molecule has 3 aromatic carbocycles. The number of hydrogen-bond acceptors (Lipinski definition) is 7. The number of para-hydroxylation sites is 1. The lowest BCUT2D eigenvalue weighted by molar-refractivity contribution is 0.597. The molecular weight excluding hydrogens is 574 g/mol. The van der Waals surface area contributed by atoms with E-state index >= 15 is 0 Å². The zero-order valence-electron chi connectivity index (χ0n) is 18.8. The maximum Gasteiger partial charge on any atom is 0.210 e. The molecule has 178 valence electrons. The molecule has 0 spiro atoms. The maximum atomic E-state index is 13.0. The van der Waals surface area contributed by atoms with Gasteiger partial charge < -0.3 is 0 Å². The van der Waals surface area contributed by atoms with E-state index in [1.807, 2.05) is 78.9 Å². The van der Waals surface area contributed by atoms with E-state index in [0.717, 1.165) is 31.6 Å². The molecule has 0 amide bonds. The van der Waals surface area contributed by atoms with Crippen molar-refractivity contribution in [1.82, 2.24) is 9.97 Å². The van der Waals surface area contributed by atoms with Crippen molar-refractivity contribution in [3.8, 4) is 28.5 Å². The van der Waals surface area contributed by atoms with Gasteiger partial charge in [0.25, 0.3) is 0 Å². The number of rotatable bonds is 7. The molecule has 0 aliphatic carbocycles. The van der Waals surface area contributed by atoms with Crippen LogP contribution in [0.5, 0.6) is 0 Å². The molecule has 36 heavy (non-hydrogen) atoms. The Labute approximate surface area is 225 Å². The van der Waals surface area contributed by atoms with E-state index in [2.05, 4.69) is 27.0 Å². The maximum absolute atomic E-state index is 13.0. The third-order valence-electron chi connectivity index (χ3n) is 5.45. The van der Waals surface area contributed by atoms with Crippen LogP contribution in [0.3, 0.4) is 0 Å². The Bertz CT molecular complexity index is 1660. The summed E-state index contributed by atoms with van der Waals surface area (Å²) in [4.78, 5) is 9.08. The van der Waals surface area contributed by atoms with Crippen molar-refractivity contribution in [3.05, 3.63) is 95.0 Å². The van der Waals surface area contributed by atoms with E-state index in [1.54, 1.807) is 6.07 Å². The van der Waals surface area contributed by atoms with Crippen molar-refractivity contribution in [2.75, 3.05) is 11.5 Å². The lowest BCUT2D eigenvalue weighted by Crippen LogP contribution is -2.09. The van der Waals surface area contributed by atoms with Crippen LogP contribution in [-0.4, -0.2) is 29.9 Å². The van der Waals surface area contributed by atoms with Crippen LogP contribution >= 0.6 is 39.0 Å². The first-order valence-electron chi connectivity index (χ1n) is 10.9. The number of nitrogens with zero attached hydrogens (tertiary/aromatic N) is 3. The van der Waals surface area contributed by atoms with Gasteiger partial charge in [0.05, 0.1) is 27.2 Å². The number of hydrogen-bond donors (Lipinski definition) is 0. The summed E-state index contributed by atoms with van der Waals surface area (Å²) in [7, 11) is -3.57.